The van der Waals surface area contributed by atoms with Crippen LogP contribution < -0.4 is 5.32 Å². The fourth-order valence-corrected chi connectivity index (χ4v) is 1.71. The van der Waals surface area contributed by atoms with E-state index < -0.39 is 5.91 Å². The normalized spacial score (nSPS) is 13.8. The maximum atomic E-state index is 12.0. The highest BCUT2D eigenvalue weighted by atomic mass is 35.5. The van der Waals surface area contributed by atoms with Gasteiger partial charge in [-0.2, -0.15) is 0 Å². The van der Waals surface area contributed by atoms with Gasteiger partial charge in [-0.25, -0.2) is 9.79 Å². The van der Waals surface area contributed by atoms with Crippen LogP contribution in [0.3, 0.4) is 0 Å². The van der Waals surface area contributed by atoms with Gasteiger partial charge in [-0.05, 0) is 12.1 Å². The lowest BCUT2D eigenvalue weighted by atomic mass is 10.1. The van der Waals surface area contributed by atoms with E-state index in [1.807, 2.05) is 0 Å². The summed E-state index contributed by atoms with van der Waals surface area (Å²) in [5, 5.41) is 2.90. The van der Waals surface area contributed by atoms with Gasteiger partial charge in [0, 0.05) is 12.6 Å². The fraction of sp³-hybridized carbons (Fsp3) is 0.0769. The van der Waals surface area contributed by atoms with E-state index in [0.717, 1.165) is 0 Å². The summed E-state index contributed by atoms with van der Waals surface area (Å²) in [4.78, 5) is 26.6. The van der Waals surface area contributed by atoms with E-state index in [9.17, 15) is 9.59 Å². The predicted molar refractivity (Wildman–Crippen MR) is 69.3 cm³/mol. The second-order valence-electron chi connectivity index (χ2n) is 3.58. The minimum atomic E-state index is -0.401. The first-order valence-electron chi connectivity index (χ1n) is 5.25. The van der Waals surface area contributed by atoms with Gasteiger partial charge in [-0.15, -0.1) is 0 Å². The van der Waals surface area contributed by atoms with Crippen LogP contribution in [0.4, 0.5) is 0 Å². The second kappa shape index (κ2) is 5.45. The van der Waals surface area contributed by atoms with E-state index in [4.69, 9.17) is 11.6 Å². The molecule has 0 radical (unpaired) electrons. The summed E-state index contributed by atoms with van der Waals surface area (Å²) in [5.41, 5.74) is 0.652. The molecule has 0 saturated carbocycles. The monoisotopic (exact) mass is 260 g/mol. The van der Waals surface area contributed by atoms with Crippen LogP contribution in [0.15, 0.2) is 47.1 Å². The van der Waals surface area contributed by atoms with Crippen LogP contribution in [0.25, 0.3) is 0 Å². The summed E-state index contributed by atoms with van der Waals surface area (Å²) < 4.78 is 0. The lowest BCUT2D eigenvalue weighted by molar-refractivity contribution is 0.0977. The van der Waals surface area contributed by atoms with E-state index in [0.29, 0.717) is 22.6 Å². The van der Waals surface area contributed by atoms with Gasteiger partial charge in [0.15, 0.2) is 0 Å². The van der Waals surface area contributed by atoms with Gasteiger partial charge < -0.3 is 5.32 Å². The van der Waals surface area contributed by atoms with Gasteiger partial charge in [0.2, 0.25) is 0 Å². The Bertz CT molecular complexity index is 599. The van der Waals surface area contributed by atoms with Crippen LogP contribution in [0, 0.1) is 0 Å². The molecule has 0 spiro atoms. The second-order valence-corrected chi connectivity index (χ2v) is 3.99. The minimum Gasteiger partial charge on any atom is -0.306 e. The zero-order valence-electron chi connectivity index (χ0n) is 9.31. The Morgan fingerprint density at radius 1 is 1.39 bits per heavy atom. The fourth-order valence-electron chi connectivity index (χ4n) is 1.49. The summed E-state index contributed by atoms with van der Waals surface area (Å²) in [6.07, 6.45) is 3.65. The SMILES string of the molecule is O=C=C1CC=CN=C1NC(=O)c1ccccc1Cl. The highest BCUT2D eigenvalue weighted by Gasteiger charge is 2.16. The molecule has 0 saturated heterocycles. The van der Waals surface area contributed by atoms with Gasteiger partial charge in [0.25, 0.3) is 5.91 Å². The maximum Gasteiger partial charge on any atom is 0.258 e. The number of amides is 1. The van der Waals surface area contributed by atoms with Crippen LogP contribution in [-0.2, 0) is 4.79 Å². The lowest BCUT2D eigenvalue weighted by Gasteiger charge is -2.11. The maximum absolute atomic E-state index is 12.0. The number of halogens is 1. The first kappa shape index (κ1) is 12.3. The van der Waals surface area contributed by atoms with E-state index >= 15 is 0 Å². The molecule has 5 heteroatoms. The standard InChI is InChI=1S/C13H9ClN2O2/c14-11-6-2-1-5-10(11)13(18)16-12-9(8-17)4-3-7-15-12/h1-3,5-7H,4H2,(H,15,16,18). The van der Waals surface area contributed by atoms with Crippen molar-refractivity contribution in [3.8, 4) is 0 Å². The van der Waals surface area contributed by atoms with Gasteiger partial charge in [-0.3, -0.25) is 4.79 Å². The first-order valence-corrected chi connectivity index (χ1v) is 5.63. The quantitative estimate of drug-likeness (QED) is 0.787. The summed E-state index contributed by atoms with van der Waals surface area (Å²) in [5.74, 6) is 1.58. The molecule has 0 aromatic heterocycles. The van der Waals surface area contributed by atoms with E-state index in [1.165, 1.54) is 6.20 Å². The van der Waals surface area contributed by atoms with Crippen molar-refractivity contribution in [2.24, 2.45) is 4.99 Å². The molecule has 0 bridgehead atoms. The Morgan fingerprint density at radius 2 is 2.17 bits per heavy atom. The van der Waals surface area contributed by atoms with Crippen LogP contribution in [0.2, 0.25) is 5.02 Å². The van der Waals surface area contributed by atoms with E-state index in [-0.39, 0.29) is 5.84 Å². The number of carbonyl (C=O) groups is 1. The molecule has 2 rings (SSSR count). The molecule has 18 heavy (non-hydrogen) atoms. The number of carbonyl (C=O) groups excluding carboxylic acids is 2. The lowest BCUT2D eigenvalue weighted by Crippen LogP contribution is -2.32. The predicted octanol–water partition coefficient (Wildman–Crippen LogP) is 2.14. The summed E-state index contributed by atoms with van der Waals surface area (Å²) in [6.45, 7) is 0. The third kappa shape index (κ3) is 2.56. The molecule has 4 nitrogen and oxygen atoms in total. The molecule has 1 aromatic rings. The van der Waals surface area contributed by atoms with Crippen LogP contribution in [-0.4, -0.2) is 17.7 Å². The number of hydrogen-bond acceptors (Lipinski definition) is 3. The van der Waals surface area contributed by atoms with Gasteiger partial charge in [0.1, 0.15) is 11.8 Å². The molecule has 0 atom stereocenters. The zero-order chi connectivity index (χ0) is 13.0. The molecule has 1 aromatic carbocycles. The molecule has 90 valence electrons. The number of hydrogen-bond donors (Lipinski definition) is 1. The number of nitrogens with zero attached hydrogens (tertiary/aromatic N) is 1. The molecule has 1 aliphatic heterocycles. The van der Waals surface area contributed by atoms with Crippen molar-refractivity contribution in [1.82, 2.24) is 5.32 Å². The van der Waals surface area contributed by atoms with Gasteiger partial charge in [0.05, 0.1) is 16.2 Å². The van der Waals surface area contributed by atoms with Crippen molar-refractivity contribution in [3.05, 3.63) is 52.7 Å². The molecule has 0 fully saturated rings. The molecular formula is C13H9ClN2O2. The van der Waals surface area contributed by atoms with Crippen LogP contribution in [0.1, 0.15) is 16.8 Å². The van der Waals surface area contributed by atoms with Crippen LogP contribution in [0.5, 0.6) is 0 Å². The van der Waals surface area contributed by atoms with Crippen molar-refractivity contribution in [1.29, 1.82) is 0 Å². The molecule has 1 amide bonds. The number of amidine groups is 1. The average Bonchev–Trinajstić information content (AvgIpc) is 2.39. The number of allylic oxidation sites excluding steroid dienone is 1. The number of aliphatic imine (C=N–C) groups is 1. The van der Waals surface area contributed by atoms with Crippen LogP contribution >= 0.6 is 11.6 Å². The van der Waals surface area contributed by atoms with Crippen molar-refractivity contribution in [2.75, 3.05) is 0 Å². The summed E-state index contributed by atoms with van der Waals surface area (Å²) in [6, 6.07) is 6.66. The molecule has 0 aliphatic carbocycles. The molecule has 1 aliphatic rings. The third-order valence-corrected chi connectivity index (χ3v) is 2.72. The Hall–Kier alpha value is -2.16. The topological polar surface area (TPSA) is 58.5 Å². The summed E-state index contributed by atoms with van der Waals surface area (Å²) >= 11 is 5.91. The molecule has 0 unspecified atom stereocenters. The van der Waals surface area contributed by atoms with Crippen molar-refractivity contribution in [3.63, 3.8) is 0 Å². The molecule has 1 heterocycles. The highest BCUT2D eigenvalue weighted by Crippen LogP contribution is 2.15. The largest absolute Gasteiger partial charge is 0.306 e. The Balaban J connectivity index is 2.22. The number of nitrogens with one attached hydrogen (secondary N) is 1. The minimum absolute atomic E-state index is 0.220. The third-order valence-electron chi connectivity index (χ3n) is 2.39. The number of rotatable bonds is 1. The zero-order valence-corrected chi connectivity index (χ0v) is 10.1. The average molecular weight is 261 g/mol. The van der Waals surface area contributed by atoms with Gasteiger partial charge in [-0.1, -0.05) is 29.8 Å². The van der Waals surface area contributed by atoms with Crippen molar-refractivity contribution >= 4 is 29.3 Å². The van der Waals surface area contributed by atoms with Gasteiger partial charge >= 0.3 is 0 Å². The number of benzene rings is 1. The van der Waals surface area contributed by atoms with E-state index in [1.54, 1.807) is 36.3 Å². The van der Waals surface area contributed by atoms with Crippen molar-refractivity contribution in [2.45, 2.75) is 6.42 Å². The first-order chi connectivity index (χ1) is 8.72. The highest BCUT2D eigenvalue weighted by molar-refractivity contribution is 6.34. The summed E-state index contributed by atoms with van der Waals surface area (Å²) in [7, 11) is 0. The Kier molecular flexibility index (Phi) is 3.72. The van der Waals surface area contributed by atoms with E-state index in [2.05, 4.69) is 10.3 Å². The Morgan fingerprint density at radius 3 is 2.89 bits per heavy atom. The molecular weight excluding hydrogens is 252 g/mol. The van der Waals surface area contributed by atoms with Crippen molar-refractivity contribution < 1.29 is 9.59 Å². The molecule has 1 N–H and O–H groups in total. The smallest absolute Gasteiger partial charge is 0.258 e. The Labute approximate surface area is 109 Å².